The molecule has 0 aliphatic carbocycles. The van der Waals surface area contributed by atoms with Crippen molar-refractivity contribution in [2.75, 3.05) is 13.7 Å². The van der Waals surface area contributed by atoms with Crippen molar-refractivity contribution in [3.63, 3.8) is 0 Å². The van der Waals surface area contributed by atoms with Gasteiger partial charge in [-0.1, -0.05) is 31.2 Å². The fourth-order valence-corrected chi connectivity index (χ4v) is 2.85. The first kappa shape index (κ1) is 23.3. The number of ether oxygens (including phenoxy) is 2. The Morgan fingerprint density at radius 2 is 1.75 bits per heavy atom. The van der Waals surface area contributed by atoms with Crippen molar-refractivity contribution in [2.24, 2.45) is 12.2 Å². The maximum Gasteiger partial charge on any atom is 0.128 e. The van der Waals surface area contributed by atoms with Gasteiger partial charge in [-0.3, -0.25) is 0 Å². The van der Waals surface area contributed by atoms with E-state index in [0.29, 0.717) is 13.2 Å². The van der Waals surface area contributed by atoms with Crippen molar-refractivity contribution >= 4 is 5.71 Å². The van der Waals surface area contributed by atoms with E-state index in [-0.39, 0.29) is 0 Å². The van der Waals surface area contributed by atoms with Gasteiger partial charge in [0.2, 0.25) is 0 Å². The summed E-state index contributed by atoms with van der Waals surface area (Å²) in [7, 11) is 3.55. The van der Waals surface area contributed by atoms with Crippen molar-refractivity contribution in [2.45, 2.75) is 48.1 Å². The summed E-state index contributed by atoms with van der Waals surface area (Å²) in [6.45, 7) is 13.0. The van der Waals surface area contributed by atoms with Crippen molar-refractivity contribution in [1.29, 1.82) is 0 Å². The second kappa shape index (κ2) is 11.9. The molecule has 5 heteroatoms. The minimum atomic E-state index is 0.483. The van der Waals surface area contributed by atoms with Crippen LogP contribution in [-0.2, 0) is 18.5 Å². The van der Waals surface area contributed by atoms with Crippen molar-refractivity contribution < 1.29 is 14.3 Å². The number of rotatable bonds is 8. The minimum absolute atomic E-state index is 0.483. The maximum absolute atomic E-state index is 6.11. The first-order valence-electron chi connectivity index (χ1n) is 9.68. The number of benzene rings is 1. The molecule has 0 fully saturated rings. The van der Waals surface area contributed by atoms with Crippen LogP contribution in [0.2, 0.25) is 0 Å². The number of oxime groups is 1. The topological polar surface area (TPSA) is 45.0 Å². The second-order valence-electron chi connectivity index (χ2n) is 6.18. The summed E-state index contributed by atoms with van der Waals surface area (Å²) in [6, 6.07) is 8.09. The van der Waals surface area contributed by atoms with E-state index in [1.165, 1.54) is 0 Å². The monoisotopic (exact) mass is 386 g/mol. The number of aryl methyl sites for hydroxylation is 2. The first-order valence-corrected chi connectivity index (χ1v) is 9.68. The van der Waals surface area contributed by atoms with E-state index in [1.54, 1.807) is 7.11 Å². The molecule has 1 aromatic heterocycles. The van der Waals surface area contributed by atoms with Crippen LogP contribution in [0.1, 0.15) is 50.2 Å². The molecule has 0 N–H and O–H groups in total. The molecule has 5 nitrogen and oxygen atoms in total. The Hall–Kier alpha value is -2.69. The molecule has 0 atom stereocenters. The van der Waals surface area contributed by atoms with E-state index in [9.17, 15) is 0 Å². The van der Waals surface area contributed by atoms with Crippen molar-refractivity contribution in [3.8, 4) is 11.5 Å². The Morgan fingerprint density at radius 1 is 1.11 bits per heavy atom. The fourth-order valence-electron chi connectivity index (χ4n) is 2.85. The lowest BCUT2D eigenvalue weighted by Crippen LogP contribution is -2.09. The number of hydrogen-bond donors (Lipinski definition) is 0. The third-order valence-corrected chi connectivity index (χ3v) is 4.20. The molecule has 28 heavy (non-hydrogen) atoms. The van der Waals surface area contributed by atoms with E-state index in [0.717, 1.165) is 39.7 Å². The molecule has 1 heterocycles. The Kier molecular flexibility index (Phi) is 9.93. The van der Waals surface area contributed by atoms with Gasteiger partial charge in [-0.05, 0) is 63.1 Å². The van der Waals surface area contributed by atoms with Gasteiger partial charge in [0.15, 0.2) is 0 Å². The number of aromatic nitrogens is 1. The molecule has 1 aromatic carbocycles. The van der Waals surface area contributed by atoms with Gasteiger partial charge in [0.05, 0.1) is 11.4 Å². The van der Waals surface area contributed by atoms with Crippen LogP contribution < -0.4 is 9.47 Å². The molecule has 2 aromatic rings. The van der Waals surface area contributed by atoms with Crippen LogP contribution in [0, 0.1) is 13.8 Å². The van der Waals surface area contributed by atoms with Gasteiger partial charge in [-0.25, -0.2) is 0 Å². The van der Waals surface area contributed by atoms with E-state index in [2.05, 4.69) is 9.72 Å². The van der Waals surface area contributed by atoms with Crippen LogP contribution in [0.25, 0.3) is 0 Å². The summed E-state index contributed by atoms with van der Waals surface area (Å²) in [5, 5.41) is 3.99. The summed E-state index contributed by atoms with van der Waals surface area (Å²) >= 11 is 0. The molecule has 0 spiro atoms. The molecule has 0 aliphatic rings. The first-order chi connectivity index (χ1) is 13.5. The molecule has 2 rings (SSSR count). The minimum Gasteiger partial charge on any atom is -0.490 e. The van der Waals surface area contributed by atoms with Crippen molar-refractivity contribution in [1.82, 2.24) is 4.57 Å². The van der Waals surface area contributed by atoms with Crippen LogP contribution in [0.5, 0.6) is 11.5 Å². The summed E-state index contributed by atoms with van der Waals surface area (Å²) in [6.07, 6.45) is 3.96. The molecule has 0 radical (unpaired) electrons. The zero-order valence-electron chi connectivity index (χ0n) is 18.5. The fraction of sp³-hybridized carbons (Fsp3) is 0.435. The summed E-state index contributed by atoms with van der Waals surface area (Å²) in [4.78, 5) is 4.86. The number of hydrogen-bond acceptors (Lipinski definition) is 4. The van der Waals surface area contributed by atoms with Gasteiger partial charge in [-0.15, -0.1) is 0 Å². The van der Waals surface area contributed by atoms with Crippen LogP contribution in [0.3, 0.4) is 0 Å². The molecule has 0 aliphatic heterocycles. The van der Waals surface area contributed by atoms with Gasteiger partial charge in [-0.2, -0.15) is 0 Å². The Bertz CT molecular complexity index is 781. The lowest BCUT2D eigenvalue weighted by molar-refractivity contribution is 0.213. The van der Waals surface area contributed by atoms with Crippen LogP contribution in [-0.4, -0.2) is 24.0 Å². The standard InChI is InChI=1S/C21H28N2O3.C2H6/c1-7-8-11-25-19-12-15(2)21(16(3)13-19)26-14-18-9-10-20(23(18)5)17(4)22-24-6;1-2/h7-10,12-13H,11,14H2,1-6H3;1-2H3/b8-7+,22-17?;. The number of nitrogens with zero attached hydrogens (tertiary/aromatic N) is 2. The van der Waals surface area contributed by atoms with Crippen LogP contribution in [0.4, 0.5) is 0 Å². The summed E-state index contributed by atoms with van der Waals surface area (Å²) in [5.74, 6) is 1.76. The highest BCUT2D eigenvalue weighted by Gasteiger charge is 2.11. The lowest BCUT2D eigenvalue weighted by Gasteiger charge is -2.15. The smallest absolute Gasteiger partial charge is 0.128 e. The van der Waals surface area contributed by atoms with Crippen LogP contribution in [0.15, 0.2) is 41.6 Å². The molecule has 154 valence electrons. The molecule has 0 amide bonds. The predicted molar refractivity (Wildman–Crippen MR) is 117 cm³/mol. The SMILES string of the molecule is C/C=C/COc1cc(C)c(OCc2ccc(C(C)=NOC)n2C)c(C)c1.CC. The number of allylic oxidation sites excluding steroid dienone is 1. The quantitative estimate of drug-likeness (QED) is 0.338. The molecule has 0 saturated carbocycles. The van der Waals surface area contributed by atoms with E-state index >= 15 is 0 Å². The summed E-state index contributed by atoms with van der Waals surface area (Å²) < 4.78 is 13.9. The van der Waals surface area contributed by atoms with Gasteiger partial charge in [0.1, 0.15) is 37.5 Å². The van der Waals surface area contributed by atoms with Gasteiger partial charge < -0.3 is 18.9 Å². The van der Waals surface area contributed by atoms with E-state index < -0.39 is 0 Å². The Balaban J connectivity index is 0.00000190. The molecular weight excluding hydrogens is 352 g/mol. The zero-order chi connectivity index (χ0) is 21.1. The third kappa shape index (κ3) is 6.19. The Morgan fingerprint density at radius 3 is 2.32 bits per heavy atom. The molecule has 0 bridgehead atoms. The van der Waals surface area contributed by atoms with Gasteiger partial charge in [0.25, 0.3) is 0 Å². The molecule has 0 saturated heterocycles. The highest BCUT2D eigenvalue weighted by molar-refractivity contribution is 5.97. The lowest BCUT2D eigenvalue weighted by atomic mass is 10.1. The second-order valence-corrected chi connectivity index (χ2v) is 6.18. The Labute approximate surface area is 169 Å². The normalized spacial score (nSPS) is 11.2. The van der Waals surface area contributed by atoms with Crippen LogP contribution >= 0.6 is 0 Å². The molecular formula is C23H34N2O3. The highest BCUT2D eigenvalue weighted by Crippen LogP contribution is 2.29. The molecule has 0 unspecified atom stereocenters. The average Bonchev–Trinajstić information content (AvgIpc) is 3.04. The third-order valence-electron chi connectivity index (χ3n) is 4.20. The maximum atomic E-state index is 6.11. The van der Waals surface area contributed by atoms with E-state index in [4.69, 9.17) is 14.3 Å². The largest absolute Gasteiger partial charge is 0.490 e. The summed E-state index contributed by atoms with van der Waals surface area (Å²) in [5.41, 5.74) is 5.03. The van der Waals surface area contributed by atoms with Gasteiger partial charge in [0, 0.05) is 7.05 Å². The predicted octanol–water partition coefficient (Wildman–Crippen LogP) is 5.57. The van der Waals surface area contributed by atoms with E-state index in [1.807, 2.05) is 85.0 Å². The highest BCUT2D eigenvalue weighted by atomic mass is 16.6. The van der Waals surface area contributed by atoms with Gasteiger partial charge >= 0.3 is 0 Å². The van der Waals surface area contributed by atoms with Crippen molar-refractivity contribution in [3.05, 3.63) is 58.9 Å². The zero-order valence-corrected chi connectivity index (χ0v) is 18.5. The average molecular weight is 387 g/mol.